The Morgan fingerprint density at radius 1 is 1.25 bits per heavy atom. The molecule has 166 valence electrons. The van der Waals surface area contributed by atoms with Crippen LogP contribution in [0.2, 0.25) is 0 Å². The lowest BCUT2D eigenvalue weighted by Gasteiger charge is -2.32. The fourth-order valence-corrected chi connectivity index (χ4v) is 3.54. The number of aromatic nitrogens is 2. The molecular weight excluding hydrogens is 406 g/mol. The second-order valence-electron chi connectivity index (χ2n) is 7.20. The lowest BCUT2D eigenvalue weighted by Crippen LogP contribution is -2.40. The van der Waals surface area contributed by atoms with Crippen molar-refractivity contribution in [2.24, 2.45) is 10.7 Å². The van der Waals surface area contributed by atoms with Gasteiger partial charge in [-0.05, 0) is 37.0 Å². The molecular formula is C24H27N5O3. The van der Waals surface area contributed by atoms with Crippen molar-refractivity contribution < 1.29 is 14.3 Å². The molecule has 3 rings (SSSR count). The predicted octanol–water partition coefficient (Wildman–Crippen LogP) is 2.50. The van der Waals surface area contributed by atoms with E-state index in [-0.39, 0.29) is 17.8 Å². The van der Waals surface area contributed by atoms with Gasteiger partial charge in [0.25, 0.3) is 0 Å². The van der Waals surface area contributed by atoms with Crippen LogP contribution >= 0.6 is 0 Å². The van der Waals surface area contributed by atoms with Crippen molar-refractivity contribution in [2.45, 2.75) is 18.9 Å². The van der Waals surface area contributed by atoms with Crippen LogP contribution in [0.4, 0.5) is 0 Å². The van der Waals surface area contributed by atoms with E-state index in [1.165, 1.54) is 12.3 Å². The van der Waals surface area contributed by atoms with Crippen molar-refractivity contribution in [3.05, 3.63) is 66.7 Å². The molecule has 8 nitrogen and oxygen atoms in total. The highest BCUT2D eigenvalue weighted by atomic mass is 16.5. The Morgan fingerprint density at radius 2 is 1.97 bits per heavy atom. The summed E-state index contributed by atoms with van der Waals surface area (Å²) in [6, 6.07) is 5.41. The number of amides is 1. The van der Waals surface area contributed by atoms with Crippen molar-refractivity contribution in [2.75, 3.05) is 27.3 Å². The summed E-state index contributed by atoms with van der Waals surface area (Å²) >= 11 is 0. The van der Waals surface area contributed by atoms with Gasteiger partial charge in [0, 0.05) is 37.1 Å². The molecule has 1 fully saturated rings. The average molecular weight is 434 g/mol. The SMILES string of the molecule is C=CN=C(N)c1cn([C@H]2CCCN(C(=O)C=C)C2)nc1C#Cc1cc(OC)cc(OC)c1. The minimum atomic E-state index is -0.0817. The van der Waals surface area contributed by atoms with Crippen LogP contribution < -0.4 is 15.2 Å². The number of hydrogen-bond donors (Lipinski definition) is 1. The van der Waals surface area contributed by atoms with Crippen LogP contribution in [-0.4, -0.2) is 53.7 Å². The Kier molecular flexibility index (Phi) is 7.34. The van der Waals surface area contributed by atoms with E-state index in [4.69, 9.17) is 15.2 Å². The van der Waals surface area contributed by atoms with E-state index in [2.05, 4.69) is 35.1 Å². The molecule has 1 aromatic heterocycles. The Morgan fingerprint density at radius 3 is 2.59 bits per heavy atom. The number of hydrogen-bond acceptors (Lipinski definition) is 5. The van der Waals surface area contributed by atoms with Crippen molar-refractivity contribution in [3.63, 3.8) is 0 Å². The largest absolute Gasteiger partial charge is 0.497 e. The molecule has 1 aliphatic heterocycles. The number of nitrogens with two attached hydrogens (primary N) is 1. The maximum Gasteiger partial charge on any atom is 0.246 e. The molecule has 1 amide bonds. The minimum absolute atomic E-state index is 0.00962. The maximum absolute atomic E-state index is 12.1. The summed E-state index contributed by atoms with van der Waals surface area (Å²) in [6.07, 6.45) is 6.30. The zero-order chi connectivity index (χ0) is 23.1. The van der Waals surface area contributed by atoms with Crippen LogP contribution in [0.15, 0.2) is 54.8 Å². The first-order chi connectivity index (χ1) is 15.5. The van der Waals surface area contributed by atoms with Gasteiger partial charge in [0.15, 0.2) is 0 Å². The lowest BCUT2D eigenvalue weighted by atomic mass is 10.1. The van der Waals surface area contributed by atoms with Crippen LogP contribution in [0.3, 0.4) is 0 Å². The third-order valence-electron chi connectivity index (χ3n) is 5.17. The molecule has 32 heavy (non-hydrogen) atoms. The van der Waals surface area contributed by atoms with Gasteiger partial charge in [-0.25, -0.2) is 4.99 Å². The van der Waals surface area contributed by atoms with Gasteiger partial charge in [-0.2, -0.15) is 5.10 Å². The molecule has 0 unspecified atom stereocenters. The number of rotatable bonds is 6. The number of amidine groups is 1. The molecule has 1 aliphatic rings. The van der Waals surface area contributed by atoms with Gasteiger partial charge < -0.3 is 20.1 Å². The molecule has 2 aromatic rings. The Bertz CT molecular complexity index is 1080. The van der Waals surface area contributed by atoms with Crippen LogP contribution in [0, 0.1) is 11.8 Å². The number of ether oxygens (including phenoxy) is 2. The second kappa shape index (κ2) is 10.4. The first kappa shape index (κ1) is 22.7. The number of aliphatic imine (C=N–C) groups is 1. The number of methoxy groups -OCH3 is 2. The molecule has 2 N–H and O–H groups in total. The van der Waals surface area contributed by atoms with E-state index in [1.54, 1.807) is 25.2 Å². The average Bonchev–Trinajstić information content (AvgIpc) is 3.26. The van der Waals surface area contributed by atoms with Gasteiger partial charge in [0.1, 0.15) is 23.0 Å². The van der Waals surface area contributed by atoms with E-state index < -0.39 is 0 Å². The first-order valence-corrected chi connectivity index (χ1v) is 10.2. The summed E-state index contributed by atoms with van der Waals surface area (Å²) in [5.74, 6) is 7.66. The smallest absolute Gasteiger partial charge is 0.246 e. The summed E-state index contributed by atoms with van der Waals surface area (Å²) in [5, 5.41) is 4.68. The van der Waals surface area contributed by atoms with Gasteiger partial charge in [-0.1, -0.05) is 19.1 Å². The van der Waals surface area contributed by atoms with Crippen molar-refractivity contribution >= 4 is 11.7 Å². The molecule has 0 bridgehead atoms. The molecule has 0 saturated carbocycles. The van der Waals surface area contributed by atoms with E-state index in [0.29, 0.717) is 41.4 Å². The molecule has 0 radical (unpaired) electrons. The Hall–Kier alpha value is -3.99. The normalized spacial score (nSPS) is 16.0. The van der Waals surface area contributed by atoms with Crippen molar-refractivity contribution in [1.29, 1.82) is 0 Å². The number of piperidine rings is 1. The van der Waals surface area contributed by atoms with E-state index >= 15 is 0 Å². The first-order valence-electron chi connectivity index (χ1n) is 10.2. The van der Waals surface area contributed by atoms with Crippen LogP contribution in [0.5, 0.6) is 11.5 Å². The quantitative estimate of drug-likeness (QED) is 0.327. The van der Waals surface area contributed by atoms with Crippen molar-refractivity contribution in [1.82, 2.24) is 14.7 Å². The fourth-order valence-electron chi connectivity index (χ4n) is 3.54. The molecule has 0 aliphatic carbocycles. The van der Waals surface area contributed by atoms with Crippen LogP contribution in [0.25, 0.3) is 0 Å². The van der Waals surface area contributed by atoms with E-state index in [9.17, 15) is 4.79 Å². The molecule has 1 aromatic carbocycles. The topological polar surface area (TPSA) is 95.0 Å². The number of carbonyl (C=O) groups is 1. The zero-order valence-corrected chi connectivity index (χ0v) is 18.4. The van der Waals surface area contributed by atoms with Crippen LogP contribution in [0.1, 0.15) is 35.7 Å². The summed E-state index contributed by atoms with van der Waals surface area (Å²) < 4.78 is 12.4. The van der Waals surface area contributed by atoms with E-state index in [1.807, 2.05) is 23.0 Å². The number of carbonyl (C=O) groups excluding carboxylic acids is 1. The summed E-state index contributed by atoms with van der Waals surface area (Å²) in [6.45, 7) is 8.45. The molecule has 2 heterocycles. The fraction of sp³-hybridized carbons (Fsp3) is 0.292. The summed E-state index contributed by atoms with van der Waals surface area (Å²) in [5.41, 5.74) is 7.95. The summed E-state index contributed by atoms with van der Waals surface area (Å²) in [4.78, 5) is 17.9. The third-order valence-corrected chi connectivity index (χ3v) is 5.17. The predicted molar refractivity (Wildman–Crippen MR) is 124 cm³/mol. The number of nitrogens with zero attached hydrogens (tertiary/aromatic N) is 4. The minimum Gasteiger partial charge on any atom is -0.497 e. The highest BCUT2D eigenvalue weighted by Gasteiger charge is 2.25. The van der Waals surface area contributed by atoms with Gasteiger partial charge >= 0.3 is 0 Å². The van der Waals surface area contributed by atoms with Crippen molar-refractivity contribution in [3.8, 4) is 23.3 Å². The number of benzene rings is 1. The van der Waals surface area contributed by atoms with Gasteiger partial charge in [-0.3, -0.25) is 9.48 Å². The van der Waals surface area contributed by atoms with Gasteiger partial charge in [0.2, 0.25) is 5.91 Å². The van der Waals surface area contributed by atoms with Crippen LogP contribution in [-0.2, 0) is 4.79 Å². The summed E-state index contributed by atoms with van der Waals surface area (Å²) in [7, 11) is 3.17. The standard InChI is InChI=1S/C24H27N5O3/c1-5-23(30)28-11-7-8-18(15-28)29-16-21(24(25)26-6-2)22(27-29)10-9-17-12-19(31-3)14-20(13-17)32-4/h5-6,12-14,16,18H,1-2,7-8,11,15H2,3-4H3,(H2,25,26)/t18-/m0/s1. The highest BCUT2D eigenvalue weighted by molar-refractivity contribution is 5.99. The Balaban J connectivity index is 1.98. The second-order valence-corrected chi connectivity index (χ2v) is 7.20. The van der Waals surface area contributed by atoms with Gasteiger partial charge in [-0.15, -0.1) is 0 Å². The Labute approximate surface area is 188 Å². The zero-order valence-electron chi connectivity index (χ0n) is 18.4. The third kappa shape index (κ3) is 5.19. The maximum atomic E-state index is 12.1. The molecule has 1 atom stereocenters. The van der Waals surface area contributed by atoms with E-state index in [0.717, 1.165) is 12.8 Å². The van der Waals surface area contributed by atoms with Gasteiger partial charge in [0.05, 0.1) is 25.8 Å². The highest BCUT2D eigenvalue weighted by Crippen LogP contribution is 2.24. The monoisotopic (exact) mass is 433 g/mol. The lowest BCUT2D eigenvalue weighted by molar-refractivity contribution is -0.127. The molecule has 0 spiro atoms. The molecule has 8 heteroatoms. The number of likely N-dealkylation sites (tertiary alicyclic amines) is 1. The molecule has 1 saturated heterocycles.